The average Bonchev–Trinajstić information content (AvgIpc) is 3.50. The Balaban J connectivity index is 1.52. The fourth-order valence-corrected chi connectivity index (χ4v) is 4.03. The molecule has 4 aromatic heterocycles. The van der Waals surface area contributed by atoms with Crippen LogP contribution >= 0.6 is 0 Å². The van der Waals surface area contributed by atoms with Crippen molar-refractivity contribution >= 4 is 21.9 Å². The summed E-state index contributed by atoms with van der Waals surface area (Å²) in [5, 5.41) is 13.6. The second kappa shape index (κ2) is 6.63. The van der Waals surface area contributed by atoms with Gasteiger partial charge in [0.15, 0.2) is 5.65 Å². The van der Waals surface area contributed by atoms with Crippen LogP contribution in [0.4, 0.5) is 4.39 Å². The van der Waals surface area contributed by atoms with E-state index in [1.807, 2.05) is 56.0 Å². The molecule has 0 aliphatic rings. The van der Waals surface area contributed by atoms with Gasteiger partial charge in [-0.25, -0.2) is 9.37 Å². The molecule has 0 saturated carbocycles. The second-order valence-electron chi connectivity index (χ2n) is 7.52. The summed E-state index contributed by atoms with van der Waals surface area (Å²) in [6.45, 7) is 0. The fourth-order valence-electron chi connectivity index (χ4n) is 4.03. The fraction of sp³-hybridized carbons (Fsp3) is 0.0417. The van der Waals surface area contributed by atoms with Gasteiger partial charge in [-0.3, -0.25) is 9.78 Å². The first-order valence-electron chi connectivity index (χ1n) is 9.87. The molecule has 0 radical (unpaired) electrons. The van der Waals surface area contributed by atoms with Crippen LogP contribution in [0.2, 0.25) is 0 Å². The minimum absolute atomic E-state index is 0.242. The lowest BCUT2D eigenvalue weighted by Crippen LogP contribution is -1.84. The summed E-state index contributed by atoms with van der Waals surface area (Å²) in [6.07, 6.45) is 5.57. The summed E-state index contributed by atoms with van der Waals surface area (Å²) >= 11 is 0. The van der Waals surface area contributed by atoms with Crippen LogP contribution in [0.3, 0.4) is 0 Å². The van der Waals surface area contributed by atoms with Crippen molar-refractivity contribution in [1.82, 2.24) is 29.9 Å². The molecule has 7 heteroatoms. The predicted octanol–water partition coefficient (Wildman–Crippen LogP) is 5.31. The first kappa shape index (κ1) is 17.6. The molecule has 2 aromatic carbocycles. The molecule has 0 bridgehead atoms. The van der Waals surface area contributed by atoms with Crippen LogP contribution in [0.25, 0.3) is 55.6 Å². The zero-order chi connectivity index (χ0) is 20.9. The van der Waals surface area contributed by atoms with E-state index in [0.717, 1.165) is 44.4 Å². The van der Waals surface area contributed by atoms with Crippen molar-refractivity contribution in [3.63, 3.8) is 0 Å². The summed E-state index contributed by atoms with van der Waals surface area (Å²) in [5.41, 5.74) is 6.60. The highest BCUT2D eigenvalue weighted by Gasteiger charge is 2.16. The standard InChI is InChI=1S/C24H17FN6/c1-31-13-15(12-27-31)14-9-19-23(29-30-24(19)26-11-14)22-10-18-16(6-4-8-21(18)28-22)17-5-2-3-7-20(17)25/h2-13,28H,1H3,(H,26,29,30). The van der Waals surface area contributed by atoms with E-state index in [9.17, 15) is 4.39 Å². The summed E-state index contributed by atoms with van der Waals surface area (Å²) < 4.78 is 16.2. The largest absolute Gasteiger partial charge is 0.353 e. The van der Waals surface area contributed by atoms with Gasteiger partial charge in [0, 0.05) is 52.4 Å². The van der Waals surface area contributed by atoms with Gasteiger partial charge in [-0.1, -0.05) is 30.3 Å². The Bertz CT molecular complexity index is 1570. The number of aromatic nitrogens is 6. The van der Waals surface area contributed by atoms with Crippen LogP contribution in [0, 0.1) is 5.82 Å². The molecular weight excluding hydrogens is 391 g/mol. The molecule has 0 fully saturated rings. The second-order valence-corrected chi connectivity index (χ2v) is 7.52. The third-order valence-electron chi connectivity index (χ3n) is 5.54. The van der Waals surface area contributed by atoms with E-state index < -0.39 is 0 Å². The molecule has 6 nitrogen and oxygen atoms in total. The first-order chi connectivity index (χ1) is 15.2. The maximum atomic E-state index is 14.5. The van der Waals surface area contributed by atoms with Crippen LogP contribution in [0.5, 0.6) is 0 Å². The Morgan fingerprint density at radius 2 is 1.77 bits per heavy atom. The number of fused-ring (bicyclic) bond motifs is 2. The number of pyridine rings is 1. The van der Waals surface area contributed by atoms with Gasteiger partial charge in [-0.2, -0.15) is 10.2 Å². The van der Waals surface area contributed by atoms with Crippen LogP contribution in [0.15, 0.2) is 73.2 Å². The van der Waals surface area contributed by atoms with Gasteiger partial charge >= 0.3 is 0 Å². The van der Waals surface area contributed by atoms with Crippen molar-refractivity contribution in [2.75, 3.05) is 0 Å². The number of hydrogen-bond acceptors (Lipinski definition) is 3. The summed E-state index contributed by atoms with van der Waals surface area (Å²) in [6, 6.07) is 16.7. The highest BCUT2D eigenvalue weighted by atomic mass is 19.1. The first-order valence-corrected chi connectivity index (χ1v) is 9.87. The van der Waals surface area contributed by atoms with Crippen LogP contribution < -0.4 is 0 Å². The van der Waals surface area contributed by atoms with E-state index in [0.29, 0.717) is 11.2 Å². The van der Waals surface area contributed by atoms with E-state index in [-0.39, 0.29) is 5.82 Å². The molecule has 31 heavy (non-hydrogen) atoms. The van der Waals surface area contributed by atoms with Gasteiger partial charge in [0.2, 0.25) is 0 Å². The number of halogens is 1. The maximum Gasteiger partial charge on any atom is 0.155 e. The molecule has 0 saturated heterocycles. The summed E-state index contributed by atoms with van der Waals surface area (Å²) in [5.74, 6) is -0.242. The summed E-state index contributed by atoms with van der Waals surface area (Å²) in [4.78, 5) is 7.96. The molecule has 6 aromatic rings. The van der Waals surface area contributed by atoms with Gasteiger partial charge in [0.05, 0.1) is 11.9 Å². The molecule has 4 heterocycles. The molecule has 0 unspecified atom stereocenters. The number of H-pyrrole nitrogens is 2. The number of rotatable bonds is 3. The number of benzene rings is 2. The van der Waals surface area contributed by atoms with Gasteiger partial charge in [0.25, 0.3) is 0 Å². The minimum Gasteiger partial charge on any atom is -0.353 e. The SMILES string of the molecule is Cn1cc(-c2cnc3[nH]nc(-c4cc5c(-c6ccccc6F)cccc5[nH]4)c3c2)cn1. The van der Waals surface area contributed by atoms with Crippen LogP contribution in [-0.2, 0) is 7.05 Å². The Labute approximate surface area is 176 Å². The maximum absolute atomic E-state index is 14.5. The smallest absolute Gasteiger partial charge is 0.155 e. The third kappa shape index (κ3) is 2.82. The lowest BCUT2D eigenvalue weighted by atomic mass is 10.0. The normalized spacial score (nSPS) is 11.5. The van der Waals surface area contributed by atoms with Crippen molar-refractivity contribution in [1.29, 1.82) is 0 Å². The molecule has 2 N–H and O–H groups in total. The highest BCUT2D eigenvalue weighted by molar-refractivity contribution is 6.01. The van der Waals surface area contributed by atoms with Crippen molar-refractivity contribution in [2.45, 2.75) is 0 Å². The van der Waals surface area contributed by atoms with Crippen LogP contribution in [-0.4, -0.2) is 29.9 Å². The van der Waals surface area contributed by atoms with Gasteiger partial charge < -0.3 is 4.98 Å². The van der Waals surface area contributed by atoms with Crippen molar-refractivity contribution < 1.29 is 4.39 Å². The van der Waals surface area contributed by atoms with Crippen molar-refractivity contribution in [3.8, 4) is 33.6 Å². The number of nitrogens with zero attached hydrogens (tertiary/aromatic N) is 4. The van der Waals surface area contributed by atoms with Crippen molar-refractivity contribution in [2.24, 2.45) is 7.05 Å². The van der Waals surface area contributed by atoms with E-state index in [1.165, 1.54) is 6.07 Å². The van der Waals surface area contributed by atoms with Crippen molar-refractivity contribution in [3.05, 3.63) is 79.0 Å². The van der Waals surface area contributed by atoms with E-state index in [2.05, 4.69) is 31.3 Å². The Hall–Kier alpha value is -4.26. The molecule has 0 aliphatic carbocycles. The van der Waals surface area contributed by atoms with Gasteiger partial charge in [-0.15, -0.1) is 0 Å². The molecule has 0 atom stereocenters. The summed E-state index contributed by atoms with van der Waals surface area (Å²) in [7, 11) is 1.89. The Morgan fingerprint density at radius 1 is 0.903 bits per heavy atom. The third-order valence-corrected chi connectivity index (χ3v) is 5.54. The number of aryl methyl sites for hydroxylation is 1. The number of nitrogens with one attached hydrogen (secondary N) is 2. The van der Waals surface area contributed by atoms with Gasteiger partial charge in [-0.05, 0) is 29.8 Å². The molecule has 0 spiro atoms. The Kier molecular flexibility index (Phi) is 3.76. The lowest BCUT2D eigenvalue weighted by molar-refractivity contribution is 0.631. The zero-order valence-corrected chi connectivity index (χ0v) is 16.6. The average molecular weight is 408 g/mol. The molecule has 6 rings (SSSR count). The lowest BCUT2D eigenvalue weighted by Gasteiger charge is -2.04. The molecular formula is C24H17FN6. The molecule has 0 amide bonds. The Morgan fingerprint density at radius 3 is 2.61 bits per heavy atom. The monoisotopic (exact) mass is 408 g/mol. The highest BCUT2D eigenvalue weighted by Crippen LogP contribution is 2.35. The van der Waals surface area contributed by atoms with E-state index >= 15 is 0 Å². The van der Waals surface area contributed by atoms with E-state index in [1.54, 1.807) is 16.8 Å². The van der Waals surface area contributed by atoms with Crippen LogP contribution in [0.1, 0.15) is 0 Å². The zero-order valence-electron chi connectivity index (χ0n) is 16.6. The number of hydrogen-bond donors (Lipinski definition) is 2. The molecule has 0 aliphatic heterocycles. The predicted molar refractivity (Wildman–Crippen MR) is 119 cm³/mol. The van der Waals surface area contributed by atoms with Gasteiger partial charge in [0.1, 0.15) is 11.5 Å². The minimum atomic E-state index is -0.242. The van der Waals surface area contributed by atoms with E-state index in [4.69, 9.17) is 0 Å². The quantitative estimate of drug-likeness (QED) is 0.417. The molecule has 150 valence electrons. The topological polar surface area (TPSA) is 75.2 Å². The number of aromatic amines is 2.